The number of nitrogens with one attached hydrogen (secondary N) is 1. The van der Waals surface area contributed by atoms with E-state index in [9.17, 15) is 9.90 Å². The van der Waals surface area contributed by atoms with Gasteiger partial charge in [0.15, 0.2) is 0 Å². The Bertz CT molecular complexity index is 262. The maximum Gasteiger partial charge on any atom is 0.306 e. The third kappa shape index (κ3) is 6.36. The molecule has 5 nitrogen and oxygen atoms in total. The minimum Gasteiger partial charge on any atom is -0.481 e. The van der Waals surface area contributed by atoms with Gasteiger partial charge in [0.25, 0.3) is 0 Å². The Labute approximate surface area is 115 Å². The van der Waals surface area contributed by atoms with Gasteiger partial charge < -0.3 is 20.3 Å². The van der Waals surface area contributed by atoms with Crippen molar-refractivity contribution in [1.82, 2.24) is 5.32 Å². The molecule has 1 aliphatic rings. The number of aliphatic hydroxyl groups is 1. The molecule has 3 N–H and O–H groups in total. The first kappa shape index (κ1) is 16.4. The van der Waals surface area contributed by atoms with Crippen molar-refractivity contribution in [2.24, 2.45) is 5.92 Å². The molecule has 1 saturated carbocycles. The summed E-state index contributed by atoms with van der Waals surface area (Å²) < 4.78 is 5.37. The molecule has 0 unspecified atom stereocenters. The Hall–Kier alpha value is -0.650. The highest BCUT2D eigenvalue weighted by Gasteiger charge is 2.35. The Morgan fingerprint density at radius 1 is 1.37 bits per heavy atom. The lowest BCUT2D eigenvalue weighted by atomic mass is 9.79. The van der Waals surface area contributed by atoms with Gasteiger partial charge in [-0.2, -0.15) is 0 Å². The van der Waals surface area contributed by atoms with Gasteiger partial charge in [-0.15, -0.1) is 0 Å². The lowest BCUT2D eigenvalue weighted by molar-refractivity contribution is -0.144. The van der Waals surface area contributed by atoms with Crippen molar-refractivity contribution < 1.29 is 19.7 Å². The molecule has 0 bridgehead atoms. The number of carbonyl (C=O) groups is 1. The summed E-state index contributed by atoms with van der Waals surface area (Å²) in [7, 11) is 0. The van der Waals surface area contributed by atoms with E-state index in [1.54, 1.807) is 0 Å². The van der Waals surface area contributed by atoms with E-state index >= 15 is 0 Å². The van der Waals surface area contributed by atoms with Gasteiger partial charge in [0, 0.05) is 19.8 Å². The van der Waals surface area contributed by atoms with Gasteiger partial charge in [-0.25, -0.2) is 0 Å². The number of hydrogen-bond acceptors (Lipinski definition) is 4. The molecule has 5 heteroatoms. The summed E-state index contributed by atoms with van der Waals surface area (Å²) >= 11 is 0. The van der Waals surface area contributed by atoms with Crippen LogP contribution >= 0.6 is 0 Å². The molecule has 1 aliphatic carbocycles. The van der Waals surface area contributed by atoms with E-state index in [0.717, 1.165) is 32.6 Å². The van der Waals surface area contributed by atoms with Crippen molar-refractivity contribution in [2.45, 2.75) is 51.0 Å². The second-order valence-electron chi connectivity index (χ2n) is 5.48. The molecule has 0 aromatic rings. The predicted molar refractivity (Wildman–Crippen MR) is 73.1 cm³/mol. The second kappa shape index (κ2) is 8.51. The maximum atomic E-state index is 10.8. The van der Waals surface area contributed by atoms with Crippen LogP contribution in [-0.2, 0) is 9.53 Å². The summed E-state index contributed by atoms with van der Waals surface area (Å²) in [6.07, 6.45) is 4.28. The van der Waals surface area contributed by atoms with Crippen LogP contribution in [-0.4, -0.2) is 48.1 Å². The van der Waals surface area contributed by atoms with Crippen LogP contribution in [0.2, 0.25) is 0 Å². The fraction of sp³-hybridized carbons (Fsp3) is 0.929. The highest BCUT2D eigenvalue weighted by atomic mass is 16.5. The van der Waals surface area contributed by atoms with Crippen LogP contribution in [0.15, 0.2) is 0 Å². The van der Waals surface area contributed by atoms with Crippen molar-refractivity contribution >= 4 is 5.97 Å². The van der Waals surface area contributed by atoms with Crippen LogP contribution in [0.3, 0.4) is 0 Å². The molecule has 0 amide bonds. The molecule has 0 heterocycles. The standard InChI is InChI=1S/C14H27NO4/c1-2-9-19-10-3-8-15-11-14(18)6-4-12(5-7-14)13(16)17/h12,15,18H,2-11H2,1H3,(H,16,17). The number of ether oxygens (including phenoxy) is 1. The predicted octanol–water partition coefficient (Wildman–Crippen LogP) is 1.40. The van der Waals surface area contributed by atoms with Crippen LogP contribution < -0.4 is 5.32 Å². The SMILES string of the molecule is CCCOCCCNCC1(O)CCC(C(=O)O)CC1. The number of hydrogen-bond donors (Lipinski definition) is 3. The van der Waals surface area contributed by atoms with E-state index < -0.39 is 11.6 Å². The zero-order valence-corrected chi connectivity index (χ0v) is 11.9. The van der Waals surface area contributed by atoms with Crippen molar-refractivity contribution in [3.63, 3.8) is 0 Å². The van der Waals surface area contributed by atoms with Crippen LogP contribution in [0.4, 0.5) is 0 Å². The largest absolute Gasteiger partial charge is 0.481 e. The molecule has 0 aliphatic heterocycles. The van der Waals surface area contributed by atoms with Crippen LogP contribution in [0, 0.1) is 5.92 Å². The van der Waals surface area contributed by atoms with Crippen LogP contribution in [0.25, 0.3) is 0 Å². The monoisotopic (exact) mass is 273 g/mol. The molecule has 0 atom stereocenters. The highest BCUT2D eigenvalue weighted by molar-refractivity contribution is 5.70. The number of aliphatic carboxylic acids is 1. The zero-order valence-electron chi connectivity index (χ0n) is 11.9. The van der Waals surface area contributed by atoms with Gasteiger partial charge in [0.05, 0.1) is 11.5 Å². The Morgan fingerprint density at radius 2 is 2.05 bits per heavy atom. The van der Waals surface area contributed by atoms with Crippen molar-refractivity contribution in [1.29, 1.82) is 0 Å². The smallest absolute Gasteiger partial charge is 0.306 e. The van der Waals surface area contributed by atoms with Crippen molar-refractivity contribution in [3.05, 3.63) is 0 Å². The first-order chi connectivity index (χ1) is 9.07. The summed E-state index contributed by atoms with van der Waals surface area (Å²) in [5.41, 5.74) is -0.726. The summed E-state index contributed by atoms with van der Waals surface area (Å²) in [5.74, 6) is -1.01. The van der Waals surface area contributed by atoms with Gasteiger partial charge in [0.2, 0.25) is 0 Å². The Morgan fingerprint density at radius 3 is 2.63 bits per heavy atom. The van der Waals surface area contributed by atoms with Gasteiger partial charge in [-0.3, -0.25) is 4.79 Å². The third-order valence-electron chi connectivity index (χ3n) is 3.71. The molecule has 112 valence electrons. The maximum absolute atomic E-state index is 10.8. The number of rotatable bonds is 9. The fourth-order valence-electron chi connectivity index (χ4n) is 2.45. The molecule has 1 fully saturated rings. The minimum atomic E-state index is -0.733. The van der Waals surface area contributed by atoms with E-state index in [4.69, 9.17) is 9.84 Å². The molecule has 0 saturated heterocycles. The van der Waals surface area contributed by atoms with Crippen molar-refractivity contribution in [2.75, 3.05) is 26.3 Å². The van der Waals surface area contributed by atoms with Crippen LogP contribution in [0.5, 0.6) is 0 Å². The van der Waals surface area contributed by atoms with E-state index in [1.165, 1.54) is 0 Å². The van der Waals surface area contributed by atoms with E-state index in [0.29, 0.717) is 32.2 Å². The van der Waals surface area contributed by atoms with Crippen molar-refractivity contribution in [3.8, 4) is 0 Å². The normalized spacial score (nSPS) is 27.4. The summed E-state index contributed by atoms with van der Waals surface area (Å²) in [6.45, 7) is 5.02. The average Bonchev–Trinajstić information content (AvgIpc) is 2.38. The minimum absolute atomic E-state index is 0.275. The molecule has 0 radical (unpaired) electrons. The summed E-state index contributed by atoms with van der Waals surface area (Å²) in [6, 6.07) is 0. The number of carboxylic acid groups (broad SMARTS) is 1. The highest BCUT2D eigenvalue weighted by Crippen LogP contribution is 2.31. The Balaban J connectivity index is 2.07. The fourth-order valence-corrected chi connectivity index (χ4v) is 2.45. The number of carboxylic acids is 1. The molecule has 19 heavy (non-hydrogen) atoms. The zero-order chi connectivity index (χ0) is 14.1. The van der Waals surface area contributed by atoms with Crippen LogP contribution in [0.1, 0.15) is 45.4 Å². The summed E-state index contributed by atoms with van der Waals surface area (Å²) in [5, 5.41) is 22.5. The first-order valence-corrected chi connectivity index (χ1v) is 7.31. The van der Waals surface area contributed by atoms with Gasteiger partial charge in [0.1, 0.15) is 0 Å². The topological polar surface area (TPSA) is 78.8 Å². The van der Waals surface area contributed by atoms with E-state index in [2.05, 4.69) is 12.2 Å². The van der Waals surface area contributed by atoms with Gasteiger partial charge in [-0.05, 0) is 45.1 Å². The summed E-state index contributed by atoms with van der Waals surface area (Å²) in [4.78, 5) is 10.8. The first-order valence-electron chi connectivity index (χ1n) is 7.31. The molecule has 0 spiro atoms. The quantitative estimate of drug-likeness (QED) is 0.553. The lowest BCUT2D eigenvalue weighted by Gasteiger charge is -2.34. The molecule has 0 aromatic carbocycles. The molecule has 0 aromatic heterocycles. The van der Waals surface area contributed by atoms with Gasteiger partial charge in [-0.1, -0.05) is 6.92 Å². The van der Waals surface area contributed by atoms with E-state index in [-0.39, 0.29) is 5.92 Å². The molecule has 1 rings (SSSR count). The van der Waals surface area contributed by atoms with Gasteiger partial charge >= 0.3 is 5.97 Å². The Kier molecular flexibility index (Phi) is 7.34. The third-order valence-corrected chi connectivity index (χ3v) is 3.71. The lowest BCUT2D eigenvalue weighted by Crippen LogP contribution is -2.44. The average molecular weight is 273 g/mol. The second-order valence-corrected chi connectivity index (χ2v) is 5.48. The molecular weight excluding hydrogens is 246 g/mol. The molecular formula is C14H27NO4. The van der Waals surface area contributed by atoms with E-state index in [1.807, 2.05) is 0 Å².